The second-order valence-corrected chi connectivity index (χ2v) is 8.64. The first-order chi connectivity index (χ1) is 17.0. The quantitative estimate of drug-likeness (QED) is 0.191. The van der Waals surface area contributed by atoms with Crippen molar-refractivity contribution < 1.29 is 19.4 Å². The summed E-state index contributed by atoms with van der Waals surface area (Å²) < 4.78 is 12.7. The van der Waals surface area contributed by atoms with Gasteiger partial charge in [0.1, 0.15) is 6.61 Å². The maximum Gasteiger partial charge on any atom is 0.335 e. The van der Waals surface area contributed by atoms with Gasteiger partial charge in [0.15, 0.2) is 11.5 Å². The Kier molecular flexibility index (Phi) is 7.49. The van der Waals surface area contributed by atoms with Crippen LogP contribution in [0.5, 0.6) is 11.5 Å². The number of fused-ring (bicyclic) bond motifs is 1. The molecule has 4 rings (SSSR count). The number of hydrogen-bond donors (Lipinski definition) is 1. The standard InChI is InChI=1S/C29H22BrNO4/c1-2-34-27-16-20(14-25(17-31)22-9-11-23(12-10-22)29(32)33)15-26(30)28(27)35-18-19-7-8-21-5-3-4-6-24(21)13-19/h3-16H,2,18H2,1H3,(H,32,33)/b25-14-. The Hall–Kier alpha value is -4.08. The zero-order valence-corrected chi connectivity index (χ0v) is 20.6. The molecule has 5 nitrogen and oxygen atoms in total. The lowest BCUT2D eigenvalue weighted by Gasteiger charge is -2.15. The molecule has 6 heteroatoms. The van der Waals surface area contributed by atoms with Crippen molar-refractivity contribution >= 4 is 44.3 Å². The molecule has 1 N–H and O–H groups in total. The van der Waals surface area contributed by atoms with Gasteiger partial charge in [-0.15, -0.1) is 0 Å². The summed E-state index contributed by atoms with van der Waals surface area (Å²) in [5.74, 6) is 0.137. The van der Waals surface area contributed by atoms with Crippen molar-refractivity contribution in [1.82, 2.24) is 0 Å². The normalized spacial score (nSPS) is 11.2. The first-order valence-corrected chi connectivity index (χ1v) is 11.8. The average molecular weight is 528 g/mol. The highest BCUT2D eigenvalue weighted by Gasteiger charge is 2.13. The van der Waals surface area contributed by atoms with Crippen LogP contribution in [0.1, 0.15) is 34.0 Å². The molecule has 0 radical (unpaired) electrons. The molecule has 0 unspecified atom stereocenters. The molecule has 0 aliphatic heterocycles. The highest BCUT2D eigenvalue weighted by Crippen LogP contribution is 2.38. The van der Waals surface area contributed by atoms with Gasteiger partial charge >= 0.3 is 5.97 Å². The van der Waals surface area contributed by atoms with Crippen LogP contribution in [0.25, 0.3) is 22.4 Å². The zero-order chi connectivity index (χ0) is 24.8. The van der Waals surface area contributed by atoms with Crippen LogP contribution in [0.4, 0.5) is 0 Å². The Morgan fingerprint density at radius 2 is 1.69 bits per heavy atom. The Bertz CT molecular complexity index is 1450. The minimum atomic E-state index is -1.01. The van der Waals surface area contributed by atoms with Crippen LogP contribution >= 0.6 is 15.9 Å². The molecule has 4 aromatic rings. The zero-order valence-electron chi connectivity index (χ0n) is 19.0. The Morgan fingerprint density at radius 1 is 0.971 bits per heavy atom. The molecular weight excluding hydrogens is 506 g/mol. The second kappa shape index (κ2) is 10.9. The van der Waals surface area contributed by atoms with E-state index in [0.29, 0.717) is 40.3 Å². The van der Waals surface area contributed by atoms with E-state index < -0.39 is 5.97 Å². The van der Waals surface area contributed by atoms with E-state index in [4.69, 9.17) is 14.6 Å². The lowest BCUT2D eigenvalue weighted by molar-refractivity contribution is 0.0697. The Labute approximate surface area is 212 Å². The van der Waals surface area contributed by atoms with E-state index in [1.165, 1.54) is 17.5 Å². The summed E-state index contributed by atoms with van der Waals surface area (Å²) in [6.45, 7) is 2.72. The summed E-state index contributed by atoms with van der Waals surface area (Å²) in [7, 11) is 0. The molecule has 0 spiro atoms. The summed E-state index contributed by atoms with van der Waals surface area (Å²) in [5.41, 5.74) is 2.99. The van der Waals surface area contributed by atoms with E-state index in [2.05, 4.69) is 46.3 Å². The number of ether oxygens (including phenoxy) is 2. The van der Waals surface area contributed by atoms with Gasteiger partial charge in [0.2, 0.25) is 0 Å². The van der Waals surface area contributed by atoms with Gasteiger partial charge in [-0.3, -0.25) is 0 Å². The predicted molar refractivity (Wildman–Crippen MR) is 140 cm³/mol. The molecule has 0 amide bonds. The van der Waals surface area contributed by atoms with E-state index in [1.807, 2.05) is 37.3 Å². The van der Waals surface area contributed by atoms with Gasteiger partial charge in [-0.25, -0.2) is 4.79 Å². The van der Waals surface area contributed by atoms with Crippen LogP contribution in [0, 0.1) is 11.3 Å². The molecule has 0 fully saturated rings. The number of halogens is 1. The number of nitriles is 1. The fourth-order valence-corrected chi connectivity index (χ4v) is 4.27. The smallest absolute Gasteiger partial charge is 0.335 e. The molecule has 0 aliphatic carbocycles. The van der Waals surface area contributed by atoms with Crippen LogP contribution in [-0.2, 0) is 6.61 Å². The number of benzene rings is 4. The summed E-state index contributed by atoms with van der Waals surface area (Å²) in [6, 6.07) is 26.5. The topological polar surface area (TPSA) is 79.5 Å². The molecular formula is C29H22BrNO4. The van der Waals surface area contributed by atoms with Crippen molar-refractivity contribution in [2.24, 2.45) is 0 Å². The molecule has 0 aromatic heterocycles. The fourth-order valence-electron chi connectivity index (χ4n) is 3.70. The van der Waals surface area contributed by atoms with E-state index in [0.717, 1.165) is 16.5 Å². The van der Waals surface area contributed by atoms with Gasteiger partial charge in [-0.05, 0) is 86.7 Å². The highest BCUT2D eigenvalue weighted by atomic mass is 79.9. The molecule has 0 saturated carbocycles. The first-order valence-electron chi connectivity index (χ1n) is 11.0. The molecule has 4 aromatic carbocycles. The minimum absolute atomic E-state index is 0.167. The van der Waals surface area contributed by atoms with Gasteiger partial charge in [0, 0.05) is 0 Å². The number of carboxylic acid groups (broad SMARTS) is 1. The first kappa shape index (κ1) is 24.1. The van der Waals surface area contributed by atoms with Crippen LogP contribution in [0.15, 0.2) is 83.3 Å². The fraction of sp³-hybridized carbons (Fsp3) is 0.103. The Morgan fingerprint density at radius 3 is 2.37 bits per heavy atom. The average Bonchev–Trinajstić information content (AvgIpc) is 2.87. The largest absolute Gasteiger partial charge is 0.490 e. The SMILES string of the molecule is CCOc1cc(/C=C(/C#N)c2ccc(C(=O)O)cc2)cc(Br)c1OCc1ccc2ccccc2c1. The number of hydrogen-bond acceptors (Lipinski definition) is 4. The summed E-state index contributed by atoms with van der Waals surface area (Å²) >= 11 is 3.59. The third-order valence-electron chi connectivity index (χ3n) is 5.40. The van der Waals surface area contributed by atoms with E-state index >= 15 is 0 Å². The molecule has 35 heavy (non-hydrogen) atoms. The lowest BCUT2D eigenvalue weighted by Crippen LogP contribution is -2.01. The maximum absolute atomic E-state index is 11.1. The van der Waals surface area contributed by atoms with Crippen molar-refractivity contribution in [2.75, 3.05) is 6.61 Å². The molecule has 0 saturated heterocycles. The third kappa shape index (κ3) is 5.71. The van der Waals surface area contributed by atoms with Crippen LogP contribution in [0.3, 0.4) is 0 Å². The van der Waals surface area contributed by atoms with Crippen LogP contribution < -0.4 is 9.47 Å². The summed E-state index contributed by atoms with van der Waals surface area (Å²) in [5, 5.41) is 21.1. The number of carbonyl (C=O) groups is 1. The van der Waals surface area contributed by atoms with Gasteiger partial charge in [-0.1, -0.05) is 48.5 Å². The summed E-state index contributed by atoms with van der Waals surface area (Å²) in [4.78, 5) is 11.1. The molecule has 174 valence electrons. The predicted octanol–water partition coefficient (Wildman–Crippen LogP) is 7.34. The van der Waals surface area contributed by atoms with Gasteiger partial charge in [-0.2, -0.15) is 5.26 Å². The molecule has 0 aliphatic rings. The van der Waals surface area contributed by atoms with Gasteiger partial charge in [0.25, 0.3) is 0 Å². The number of nitrogens with zero attached hydrogens (tertiary/aromatic N) is 1. The van der Waals surface area contributed by atoms with Crippen molar-refractivity contribution in [1.29, 1.82) is 5.26 Å². The van der Waals surface area contributed by atoms with E-state index in [1.54, 1.807) is 18.2 Å². The highest BCUT2D eigenvalue weighted by molar-refractivity contribution is 9.10. The van der Waals surface area contributed by atoms with Gasteiger partial charge in [0.05, 0.1) is 28.3 Å². The van der Waals surface area contributed by atoms with Crippen molar-refractivity contribution in [3.05, 3.63) is 106 Å². The number of carboxylic acids is 1. The Balaban J connectivity index is 1.61. The van der Waals surface area contributed by atoms with Crippen LogP contribution in [-0.4, -0.2) is 17.7 Å². The maximum atomic E-state index is 11.1. The van der Waals surface area contributed by atoms with Crippen LogP contribution in [0.2, 0.25) is 0 Å². The summed E-state index contributed by atoms with van der Waals surface area (Å²) in [6.07, 6.45) is 1.73. The number of rotatable bonds is 8. The van der Waals surface area contributed by atoms with Crippen molar-refractivity contribution in [2.45, 2.75) is 13.5 Å². The van der Waals surface area contributed by atoms with Crippen molar-refractivity contribution in [3.63, 3.8) is 0 Å². The minimum Gasteiger partial charge on any atom is -0.490 e. The lowest BCUT2D eigenvalue weighted by atomic mass is 10.0. The second-order valence-electron chi connectivity index (χ2n) is 7.79. The molecule has 0 heterocycles. The van der Waals surface area contributed by atoms with E-state index in [-0.39, 0.29) is 5.56 Å². The van der Waals surface area contributed by atoms with Gasteiger partial charge < -0.3 is 14.6 Å². The molecule has 0 bridgehead atoms. The monoisotopic (exact) mass is 527 g/mol. The molecule has 0 atom stereocenters. The van der Waals surface area contributed by atoms with Crippen molar-refractivity contribution in [3.8, 4) is 17.6 Å². The third-order valence-corrected chi connectivity index (χ3v) is 5.99. The number of aromatic carboxylic acids is 1. The number of allylic oxidation sites excluding steroid dienone is 1. The van der Waals surface area contributed by atoms with E-state index in [9.17, 15) is 10.1 Å².